The van der Waals surface area contributed by atoms with E-state index < -0.39 is 11.0 Å². The lowest BCUT2D eigenvalue weighted by Crippen LogP contribution is -2.25. The summed E-state index contributed by atoms with van der Waals surface area (Å²) in [7, 11) is -1.75. The molecule has 1 aromatic rings. The fraction of sp³-hybridized carbons (Fsp3) is 0.125. The second kappa shape index (κ2) is 2.92. The first-order valence-corrected chi connectivity index (χ1v) is 4.83. The van der Waals surface area contributed by atoms with Gasteiger partial charge in [-0.3, -0.25) is 0 Å². The molecule has 0 fully saturated rings. The number of para-hydroxylation sites is 1. The molecule has 1 atom stereocenters. The fourth-order valence-electron chi connectivity index (χ4n) is 1.12. The van der Waals surface area contributed by atoms with Gasteiger partial charge in [0.25, 0.3) is 0 Å². The predicted molar refractivity (Wildman–Crippen MR) is 48.6 cm³/mol. The molecule has 0 spiro atoms. The third-order valence-electron chi connectivity index (χ3n) is 1.74. The highest BCUT2D eigenvalue weighted by molar-refractivity contribution is 7.83. The van der Waals surface area contributed by atoms with Crippen molar-refractivity contribution in [2.45, 2.75) is 11.8 Å². The molecule has 1 aliphatic heterocycles. The molecule has 0 amide bonds. The summed E-state index contributed by atoms with van der Waals surface area (Å²) < 4.78 is 24.6. The third kappa shape index (κ3) is 1.25. The Morgan fingerprint density at radius 2 is 2.15 bits per heavy atom. The Morgan fingerprint density at radius 1 is 1.46 bits per heavy atom. The molecule has 0 radical (unpaired) electrons. The molecule has 0 saturated carbocycles. The lowest BCUT2D eigenvalue weighted by Gasteiger charge is -2.18. The summed E-state index contributed by atoms with van der Waals surface area (Å²) in [6, 6.07) is 6.80. The molecule has 0 N–H and O–H groups in total. The van der Waals surface area contributed by atoms with Crippen LogP contribution in [0.15, 0.2) is 34.2 Å². The van der Waals surface area contributed by atoms with Crippen molar-refractivity contribution < 1.29 is 8.69 Å². The van der Waals surface area contributed by atoms with Gasteiger partial charge in [-0.1, -0.05) is 16.6 Å². The number of rotatable bonds is 0. The molecule has 5 heteroatoms. The van der Waals surface area contributed by atoms with Gasteiger partial charge in [-0.2, -0.15) is 0 Å². The number of nitrogens with zero attached hydrogens (tertiary/aromatic N) is 2. The Hall–Kier alpha value is -1.23. The topological polar surface area (TPSA) is 32.7 Å². The van der Waals surface area contributed by atoms with Crippen LogP contribution in [0.5, 0.6) is 0 Å². The molecule has 0 bridgehead atoms. The Morgan fingerprint density at radius 3 is 2.92 bits per heavy atom. The SMILES string of the molecule is CC1=Nc2ccccc2S(=O)N1F. The molecule has 0 aromatic heterocycles. The first kappa shape index (κ1) is 8.37. The zero-order valence-corrected chi connectivity index (χ0v) is 7.71. The van der Waals surface area contributed by atoms with Crippen LogP contribution < -0.4 is 0 Å². The molecule has 1 heterocycles. The van der Waals surface area contributed by atoms with Gasteiger partial charge in [0.15, 0.2) is 11.0 Å². The third-order valence-corrected chi connectivity index (χ3v) is 3.01. The average Bonchev–Trinajstić information content (AvgIpc) is 2.15. The number of hydrogen-bond donors (Lipinski definition) is 0. The minimum Gasteiger partial charge on any atom is -0.231 e. The van der Waals surface area contributed by atoms with Crippen LogP contribution in [0.25, 0.3) is 0 Å². The van der Waals surface area contributed by atoms with E-state index in [0.717, 1.165) is 0 Å². The van der Waals surface area contributed by atoms with Crippen LogP contribution >= 0.6 is 0 Å². The molecule has 1 unspecified atom stereocenters. The van der Waals surface area contributed by atoms with Crippen LogP contribution in [0.2, 0.25) is 0 Å². The molecule has 1 aliphatic rings. The second-order valence-corrected chi connectivity index (χ2v) is 3.88. The molecular weight excluding hydrogens is 191 g/mol. The van der Waals surface area contributed by atoms with Crippen LogP contribution in [0.1, 0.15) is 6.92 Å². The quantitative estimate of drug-likeness (QED) is 0.586. The zero-order valence-electron chi connectivity index (χ0n) is 6.90. The molecule has 0 aliphatic carbocycles. The summed E-state index contributed by atoms with van der Waals surface area (Å²) in [5, 5.41) is 0. The van der Waals surface area contributed by atoms with Crippen LogP contribution in [-0.4, -0.2) is 14.6 Å². The van der Waals surface area contributed by atoms with Crippen LogP contribution in [-0.2, 0) is 11.0 Å². The maximum absolute atomic E-state index is 13.1. The average molecular weight is 198 g/mol. The van der Waals surface area contributed by atoms with Gasteiger partial charge >= 0.3 is 0 Å². The first-order chi connectivity index (χ1) is 6.20. The van der Waals surface area contributed by atoms with E-state index in [9.17, 15) is 8.69 Å². The summed E-state index contributed by atoms with van der Waals surface area (Å²) in [6.45, 7) is 1.48. The van der Waals surface area contributed by atoms with E-state index in [4.69, 9.17) is 0 Å². The molecule has 3 nitrogen and oxygen atoms in total. The van der Waals surface area contributed by atoms with Gasteiger partial charge in [0.2, 0.25) is 0 Å². The maximum atomic E-state index is 13.1. The van der Waals surface area contributed by atoms with E-state index in [1.165, 1.54) is 6.92 Å². The second-order valence-electron chi connectivity index (χ2n) is 2.62. The van der Waals surface area contributed by atoms with Crippen molar-refractivity contribution in [3.63, 3.8) is 0 Å². The molecular formula is C8H7FN2OS. The van der Waals surface area contributed by atoms with E-state index in [1.807, 2.05) is 0 Å². The normalized spacial score (nSPS) is 20.9. The van der Waals surface area contributed by atoms with Crippen molar-refractivity contribution >= 4 is 22.5 Å². The van der Waals surface area contributed by atoms with Crippen molar-refractivity contribution in [3.05, 3.63) is 24.3 Å². The lowest BCUT2D eigenvalue weighted by atomic mass is 10.3. The van der Waals surface area contributed by atoms with Gasteiger partial charge in [0, 0.05) is 0 Å². The summed E-state index contributed by atoms with van der Waals surface area (Å²) in [5.41, 5.74) is 0.576. The largest absolute Gasteiger partial charge is 0.231 e. The van der Waals surface area contributed by atoms with E-state index in [-0.39, 0.29) is 10.4 Å². The van der Waals surface area contributed by atoms with E-state index in [2.05, 4.69) is 4.99 Å². The number of hydrogen-bond acceptors (Lipinski definition) is 2. The minimum atomic E-state index is -1.75. The van der Waals surface area contributed by atoms with Crippen LogP contribution in [0.3, 0.4) is 0 Å². The van der Waals surface area contributed by atoms with Crippen molar-refractivity contribution in [2.24, 2.45) is 4.99 Å². The Balaban J connectivity index is 2.63. The van der Waals surface area contributed by atoms with Gasteiger partial charge in [-0.15, -0.1) is 4.53 Å². The summed E-state index contributed by atoms with van der Waals surface area (Å²) in [4.78, 5) is 4.36. The Labute approximate surface area is 77.4 Å². The lowest BCUT2D eigenvalue weighted by molar-refractivity contribution is 0.249. The van der Waals surface area contributed by atoms with E-state index in [0.29, 0.717) is 10.6 Å². The summed E-state index contributed by atoms with van der Waals surface area (Å²) >= 11 is 0. The Kier molecular flexibility index (Phi) is 1.88. The molecule has 2 rings (SSSR count). The van der Waals surface area contributed by atoms with Crippen LogP contribution in [0, 0.1) is 0 Å². The number of fused-ring (bicyclic) bond motifs is 1. The number of halogens is 1. The van der Waals surface area contributed by atoms with Gasteiger partial charge in [-0.25, -0.2) is 9.20 Å². The standard InChI is InChI=1S/C8H7FN2OS/c1-6-10-7-4-2-3-5-8(7)13(12)11(6)9/h2-5H,1H3. The minimum absolute atomic E-state index is 0.122. The summed E-state index contributed by atoms with van der Waals surface area (Å²) in [5.74, 6) is 0.122. The van der Waals surface area contributed by atoms with Crippen molar-refractivity contribution in [2.75, 3.05) is 0 Å². The fourth-order valence-corrected chi connectivity index (χ4v) is 2.06. The number of benzene rings is 1. The smallest absolute Gasteiger partial charge is 0.184 e. The summed E-state index contributed by atoms with van der Waals surface area (Å²) in [6.07, 6.45) is 0. The molecule has 13 heavy (non-hydrogen) atoms. The maximum Gasteiger partial charge on any atom is 0.184 e. The molecule has 68 valence electrons. The van der Waals surface area contributed by atoms with Gasteiger partial charge in [0.05, 0.1) is 10.6 Å². The van der Waals surface area contributed by atoms with Crippen molar-refractivity contribution in [1.29, 1.82) is 0 Å². The first-order valence-electron chi connectivity index (χ1n) is 3.72. The highest BCUT2D eigenvalue weighted by Crippen LogP contribution is 2.29. The zero-order chi connectivity index (χ0) is 9.42. The predicted octanol–water partition coefficient (Wildman–Crippen LogP) is 1.96. The monoisotopic (exact) mass is 198 g/mol. The van der Waals surface area contributed by atoms with Crippen molar-refractivity contribution in [3.8, 4) is 0 Å². The van der Waals surface area contributed by atoms with Gasteiger partial charge in [-0.05, 0) is 19.1 Å². The van der Waals surface area contributed by atoms with Gasteiger partial charge in [0.1, 0.15) is 5.84 Å². The molecule has 0 saturated heterocycles. The number of amidine groups is 1. The van der Waals surface area contributed by atoms with Crippen molar-refractivity contribution in [1.82, 2.24) is 4.53 Å². The van der Waals surface area contributed by atoms with Gasteiger partial charge < -0.3 is 0 Å². The Bertz CT molecular complexity index is 405. The van der Waals surface area contributed by atoms with E-state index >= 15 is 0 Å². The highest BCUT2D eigenvalue weighted by atomic mass is 32.2. The van der Waals surface area contributed by atoms with E-state index in [1.54, 1.807) is 24.3 Å². The molecule has 1 aromatic carbocycles. The highest BCUT2D eigenvalue weighted by Gasteiger charge is 2.23. The van der Waals surface area contributed by atoms with Crippen LogP contribution in [0.4, 0.5) is 10.2 Å². The number of aliphatic imine (C=N–C) groups is 1.